The summed E-state index contributed by atoms with van der Waals surface area (Å²) in [5, 5.41) is 14.3. The van der Waals surface area contributed by atoms with Crippen LogP contribution in [0.5, 0.6) is 0 Å². The number of nitrogens with one attached hydrogen (secondary N) is 1. The second kappa shape index (κ2) is 5.35. The Morgan fingerprint density at radius 2 is 2.05 bits per heavy atom. The Bertz CT molecular complexity index is 727. The lowest BCUT2D eigenvalue weighted by molar-refractivity contribution is -0.167. The number of aliphatic carboxylic acids is 1. The third kappa shape index (κ3) is 3.32. The Hall–Kier alpha value is -2.10. The number of halogens is 4. The van der Waals surface area contributed by atoms with Crippen molar-refractivity contribution in [1.82, 2.24) is 9.78 Å². The van der Waals surface area contributed by atoms with Crippen molar-refractivity contribution in [3.63, 3.8) is 0 Å². The molecule has 0 bridgehead atoms. The molecule has 0 atom stereocenters. The minimum absolute atomic E-state index is 0.206. The summed E-state index contributed by atoms with van der Waals surface area (Å²) in [7, 11) is 0. The van der Waals surface area contributed by atoms with Gasteiger partial charge < -0.3 is 10.4 Å². The molecule has 112 valence electrons. The molecule has 0 saturated heterocycles. The topological polar surface area (TPSA) is 84.2 Å². The number of aromatic nitrogens is 2. The van der Waals surface area contributed by atoms with E-state index in [1.54, 1.807) is 11.4 Å². The summed E-state index contributed by atoms with van der Waals surface area (Å²) < 4.78 is 38.4. The van der Waals surface area contributed by atoms with Gasteiger partial charge >= 0.3 is 18.1 Å². The van der Waals surface area contributed by atoms with E-state index in [2.05, 4.69) is 21.0 Å². The second-order valence-corrected chi connectivity index (χ2v) is 4.93. The zero-order valence-electron chi connectivity index (χ0n) is 10.1. The summed E-state index contributed by atoms with van der Waals surface area (Å²) in [6, 6.07) is 4.46. The number of carbonyl (C=O) groups is 2. The number of hydrogen-bond donors (Lipinski definition) is 2. The van der Waals surface area contributed by atoms with Crippen molar-refractivity contribution in [2.45, 2.75) is 12.7 Å². The summed E-state index contributed by atoms with van der Waals surface area (Å²) in [4.78, 5) is 21.7. The van der Waals surface area contributed by atoms with Crippen LogP contribution in [0, 0.1) is 0 Å². The molecule has 2 N–H and O–H groups in total. The number of carboxylic acid groups (broad SMARTS) is 1. The third-order valence-corrected chi connectivity index (χ3v) is 2.98. The Labute approximate surface area is 123 Å². The van der Waals surface area contributed by atoms with Gasteiger partial charge in [-0.1, -0.05) is 15.9 Å². The first kappa shape index (κ1) is 15.3. The molecular weight excluding hydrogens is 359 g/mol. The number of amides is 1. The molecule has 1 amide bonds. The van der Waals surface area contributed by atoms with Crippen LogP contribution >= 0.6 is 15.9 Å². The van der Waals surface area contributed by atoms with Crippen molar-refractivity contribution in [2.75, 3.05) is 5.32 Å². The molecule has 1 aromatic carbocycles. The number of rotatable bonds is 3. The number of carboxylic acids is 1. The molecule has 0 aliphatic carbocycles. The molecular formula is C11H7BrF3N3O3. The zero-order valence-corrected chi connectivity index (χ0v) is 11.7. The summed E-state index contributed by atoms with van der Waals surface area (Å²) >= 11 is 3.17. The van der Waals surface area contributed by atoms with Gasteiger partial charge in [-0.2, -0.15) is 18.3 Å². The van der Waals surface area contributed by atoms with Crippen LogP contribution < -0.4 is 5.32 Å². The number of benzene rings is 1. The minimum Gasteiger partial charge on any atom is -0.480 e. The van der Waals surface area contributed by atoms with Crippen molar-refractivity contribution in [2.24, 2.45) is 0 Å². The summed E-state index contributed by atoms with van der Waals surface area (Å²) in [5.74, 6) is -3.73. The van der Waals surface area contributed by atoms with Gasteiger partial charge in [-0.05, 0) is 18.2 Å². The maximum atomic E-state index is 12.3. The largest absolute Gasteiger partial charge is 0.480 e. The van der Waals surface area contributed by atoms with E-state index in [1.165, 1.54) is 12.1 Å². The van der Waals surface area contributed by atoms with Gasteiger partial charge in [0.25, 0.3) is 0 Å². The van der Waals surface area contributed by atoms with E-state index in [-0.39, 0.29) is 16.7 Å². The van der Waals surface area contributed by atoms with Crippen LogP contribution in [-0.4, -0.2) is 32.9 Å². The summed E-state index contributed by atoms with van der Waals surface area (Å²) in [6.45, 7) is -0.547. The Kier molecular flexibility index (Phi) is 3.90. The maximum absolute atomic E-state index is 12.3. The average Bonchev–Trinajstić information content (AvgIpc) is 2.65. The third-order valence-electron chi connectivity index (χ3n) is 2.49. The molecule has 0 aliphatic rings. The number of nitrogens with zero attached hydrogens (tertiary/aromatic N) is 2. The van der Waals surface area contributed by atoms with Crippen LogP contribution in [0.15, 0.2) is 22.7 Å². The monoisotopic (exact) mass is 365 g/mol. The van der Waals surface area contributed by atoms with Gasteiger partial charge in [0.15, 0.2) is 5.82 Å². The molecule has 0 radical (unpaired) electrons. The molecule has 0 spiro atoms. The highest BCUT2D eigenvalue weighted by Gasteiger charge is 2.39. The van der Waals surface area contributed by atoms with Gasteiger partial charge in [0, 0.05) is 9.86 Å². The predicted octanol–water partition coefficient (Wildman–Crippen LogP) is 2.38. The van der Waals surface area contributed by atoms with Crippen molar-refractivity contribution in [1.29, 1.82) is 0 Å². The standard InChI is InChI=1S/C11H7BrF3N3O3/c12-5-1-2-6-7(3-5)18(4-8(19)20)17-9(6)16-10(21)11(13,14)15/h1-3H,4H2,(H,19,20)(H,16,17,21). The highest BCUT2D eigenvalue weighted by molar-refractivity contribution is 9.10. The fraction of sp³-hybridized carbons (Fsp3) is 0.182. The van der Waals surface area contributed by atoms with Gasteiger partial charge in [0.2, 0.25) is 0 Å². The molecule has 1 aromatic heterocycles. The van der Waals surface area contributed by atoms with Crippen LogP contribution in [0.1, 0.15) is 0 Å². The van der Waals surface area contributed by atoms with Crippen molar-refractivity contribution >= 4 is 44.5 Å². The first-order chi connectivity index (χ1) is 9.68. The van der Waals surface area contributed by atoms with E-state index in [9.17, 15) is 22.8 Å². The van der Waals surface area contributed by atoms with E-state index in [1.807, 2.05) is 0 Å². The van der Waals surface area contributed by atoms with E-state index >= 15 is 0 Å². The molecule has 0 fully saturated rings. The number of alkyl halides is 3. The SMILES string of the molecule is O=C(O)Cn1nc(NC(=O)C(F)(F)F)c2ccc(Br)cc21. The zero-order chi connectivity index (χ0) is 15.8. The first-order valence-electron chi connectivity index (χ1n) is 5.44. The lowest BCUT2D eigenvalue weighted by Gasteiger charge is -2.05. The van der Waals surface area contributed by atoms with Crippen LogP contribution in [0.3, 0.4) is 0 Å². The quantitative estimate of drug-likeness (QED) is 0.874. The molecule has 2 aromatic rings. The molecule has 0 unspecified atom stereocenters. The van der Waals surface area contributed by atoms with Crippen molar-refractivity contribution < 1.29 is 27.9 Å². The fourth-order valence-corrected chi connectivity index (χ4v) is 2.02. The highest BCUT2D eigenvalue weighted by Crippen LogP contribution is 2.27. The second-order valence-electron chi connectivity index (χ2n) is 4.01. The van der Waals surface area contributed by atoms with Crippen LogP contribution in [0.4, 0.5) is 19.0 Å². The molecule has 1 heterocycles. The normalized spacial score (nSPS) is 11.6. The summed E-state index contributed by atoms with van der Waals surface area (Å²) in [5.41, 5.74) is 0.282. The number of fused-ring (bicyclic) bond motifs is 1. The van der Waals surface area contributed by atoms with Gasteiger partial charge in [0.1, 0.15) is 6.54 Å². The Morgan fingerprint density at radius 3 is 2.62 bits per heavy atom. The Balaban J connectivity index is 2.49. The molecule has 21 heavy (non-hydrogen) atoms. The number of anilines is 1. The molecule has 2 rings (SSSR count). The van der Waals surface area contributed by atoms with Gasteiger partial charge in [0.05, 0.1) is 5.52 Å². The number of carbonyl (C=O) groups excluding carboxylic acids is 1. The summed E-state index contributed by atoms with van der Waals surface area (Å²) in [6.07, 6.45) is -5.06. The van der Waals surface area contributed by atoms with Crippen molar-refractivity contribution in [3.05, 3.63) is 22.7 Å². The Morgan fingerprint density at radius 1 is 1.38 bits per heavy atom. The maximum Gasteiger partial charge on any atom is 0.471 e. The first-order valence-corrected chi connectivity index (χ1v) is 6.24. The van der Waals surface area contributed by atoms with Gasteiger partial charge in [-0.3, -0.25) is 14.3 Å². The van der Waals surface area contributed by atoms with Crippen LogP contribution in [0.25, 0.3) is 10.9 Å². The lowest BCUT2D eigenvalue weighted by Crippen LogP contribution is -2.30. The van der Waals surface area contributed by atoms with Crippen molar-refractivity contribution in [3.8, 4) is 0 Å². The predicted molar refractivity (Wildman–Crippen MR) is 69.8 cm³/mol. The van der Waals surface area contributed by atoms with E-state index in [4.69, 9.17) is 5.11 Å². The molecule has 6 nitrogen and oxygen atoms in total. The van der Waals surface area contributed by atoms with E-state index in [0.29, 0.717) is 4.47 Å². The van der Waals surface area contributed by atoms with E-state index in [0.717, 1.165) is 4.68 Å². The highest BCUT2D eigenvalue weighted by atomic mass is 79.9. The van der Waals surface area contributed by atoms with Crippen LogP contribution in [-0.2, 0) is 16.1 Å². The molecule has 0 aliphatic heterocycles. The van der Waals surface area contributed by atoms with E-state index < -0.39 is 24.6 Å². The van der Waals surface area contributed by atoms with Crippen LogP contribution in [0.2, 0.25) is 0 Å². The fourth-order valence-electron chi connectivity index (χ4n) is 1.67. The van der Waals surface area contributed by atoms with Gasteiger partial charge in [-0.15, -0.1) is 0 Å². The lowest BCUT2D eigenvalue weighted by atomic mass is 10.2. The number of hydrogen-bond acceptors (Lipinski definition) is 3. The smallest absolute Gasteiger partial charge is 0.471 e. The minimum atomic E-state index is -5.06. The molecule has 10 heteroatoms. The van der Waals surface area contributed by atoms with Gasteiger partial charge in [-0.25, -0.2) is 0 Å². The molecule has 0 saturated carbocycles. The average molecular weight is 366 g/mol.